The van der Waals surface area contributed by atoms with Crippen LogP contribution < -0.4 is 5.32 Å². The van der Waals surface area contributed by atoms with Gasteiger partial charge in [-0.25, -0.2) is 4.39 Å². The highest BCUT2D eigenvalue weighted by Crippen LogP contribution is 2.45. The fourth-order valence-corrected chi connectivity index (χ4v) is 5.49. The van der Waals surface area contributed by atoms with E-state index in [1.165, 1.54) is 18.2 Å². The van der Waals surface area contributed by atoms with Crippen LogP contribution in [0.2, 0.25) is 0 Å². The van der Waals surface area contributed by atoms with E-state index in [1.807, 2.05) is 36.6 Å². The van der Waals surface area contributed by atoms with Crippen LogP contribution in [0, 0.1) is 5.82 Å². The Bertz CT molecular complexity index is 1420. The van der Waals surface area contributed by atoms with E-state index >= 15 is 0 Å². The lowest BCUT2D eigenvalue weighted by Gasteiger charge is -2.30. The van der Waals surface area contributed by atoms with Crippen molar-refractivity contribution in [2.75, 3.05) is 5.32 Å². The van der Waals surface area contributed by atoms with Gasteiger partial charge in [0.05, 0.1) is 17.2 Å². The van der Waals surface area contributed by atoms with Gasteiger partial charge in [0.15, 0.2) is 5.79 Å². The first-order valence-corrected chi connectivity index (χ1v) is 14.0. The SMILES string of the molecule is CC(C)c1c(C(=O)Nc2ccccc2)c(C2C=CC=CC2(O)O)c(-c2ccc(F)cc2)n1CCCCCCC(=O)O. The van der Waals surface area contributed by atoms with Crippen molar-refractivity contribution in [2.24, 2.45) is 0 Å². The molecule has 2 aromatic carbocycles. The number of carbonyl (C=O) groups is 2. The van der Waals surface area contributed by atoms with Crippen LogP contribution in [-0.4, -0.2) is 37.6 Å². The fourth-order valence-electron chi connectivity index (χ4n) is 5.49. The first-order valence-electron chi connectivity index (χ1n) is 14.0. The van der Waals surface area contributed by atoms with Crippen LogP contribution in [-0.2, 0) is 11.3 Å². The van der Waals surface area contributed by atoms with Crippen molar-refractivity contribution in [3.05, 3.63) is 102 Å². The van der Waals surface area contributed by atoms with Crippen LogP contribution in [0.5, 0.6) is 0 Å². The molecular formula is C33H37FN2O5. The van der Waals surface area contributed by atoms with E-state index in [1.54, 1.807) is 42.5 Å². The van der Waals surface area contributed by atoms with Crippen LogP contribution >= 0.6 is 0 Å². The molecule has 1 unspecified atom stereocenters. The van der Waals surface area contributed by atoms with E-state index in [2.05, 4.69) is 5.32 Å². The number of aliphatic hydroxyl groups is 2. The molecule has 4 rings (SSSR count). The molecular weight excluding hydrogens is 523 g/mol. The Morgan fingerprint density at radius 1 is 0.976 bits per heavy atom. The van der Waals surface area contributed by atoms with Crippen LogP contribution in [0.4, 0.5) is 10.1 Å². The van der Waals surface area contributed by atoms with E-state index < -0.39 is 23.5 Å². The van der Waals surface area contributed by atoms with Crippen molar-refractivity contribution in [2.45, 2.75) is 70.1 Å². The van der Waals surface area contributed by atoms with Crippen molar-refractivity contribution in [1.29, 1.82) is 0 Å². The molecule has 1 aliphatic rings. The lowest BCUT2D eigenvalue weighted by atomic mass is 9.82. The summed E-state index contributed by atoms with van der Waals surface area (Å²) in [6, 6.07) is 15.0. The quantitative estimate of drug-likeness (QED) is 0.147. The number of carboxylic acids is 1. The lowest BCUT2D eigenvalue weighted by Crippen LogP contribution is -2.35. The summed E-state index contributed by atoms with van der Waals surface area (Å²) in [6.45, 7) is 4.48. The van der Waals surface area contributed by atoms with Gasteiger partial charge in [0.1, 0.15) is 5.82 Å². The van der Waals surface area contributed by atoms with Crippen molar-refractivity contribution in [3.63, 3.8) is 0 Å². The summed E-state index contributed by atoms with van der Waals surface area (Å²) in [5, 5.41) is 34.2. The van der Waals surface area contributed by atoms with E-state index in [4.69, 9.17) is 5.11 Å². The van der Waals surface area contributed by atoms with Crippen molar-refractivity contribution in [1.82, 2.24) is 4.57 Å². The van der Waals surface area contributed by atoms with Crippen molar-refractivity contribution < 1.29 is 29.3 Å². The van der Waals surface area contributed by atoms with Gasteiger partial charge in [-0.15, -0.1) is 0 Å². The molecule has 1 amide bonds. The summed E-state index contributed by atoms with van der Waals surface area (Å²) in [5.74, 6) is -4.96. The van der Waals surface area contributed by atoms with Gasteiger partial charge in [-0.05, 0) is 66.8 Å². The van der Waals surface area contributed by atoms with Gasteiger partial charge in [0.25, 0.3) is 5.91 Å². The average molecular weight is 561 g/mol. The van der Waals surface area contributed by atoms with Gasteiger partial charge < -0.3 is 25.2 Å². The zero-order valence-electron chi connectivity index (χ0n) is 23.4. The average Bonchev–Trinajstić information content (AvgIpc) is 3.26. The molecule has 0 aliphatic heterocycles. The predicted octanol–water partition coefficient (Wildman–Crippen LogP) is 6.60. The summed E-state index contributed by atoms with van der Waals surface area (Å²) < 4.78 is 16.1. The number of nitrogens with one attached hydrogen (secondary N) is 1. The molecule has 4 N–H and O–H groups in total. The van der Waals surface area contributed by atoms with Crippen LogP contribution in [0.25, 0.3) is 11.3 Å². The second-order valence-electron chi connectivity index (χ2n) is 10.7. The molecule has 0 spiro atoms. The highest BCUT2D eigenvalue weighted by atomic mass is 19.1. The summed E-state index contributed by atoms with van der Waals surface area (Å²) in [6.07, 6.45) is 9.17. The number of anilines is 1. The van der Waals surface area contributed by atoms with E-state index in [-0.39, 0.29) is 18.2 Å². The minimum absolute atomic E-state index is 0.117. The molecule has 0 saturated heterocycles. The zero-order chi connectivity index (χ0) is 29.6. The third-order valence-electron chi connectivity index (χ3n) is 7.31. The predicted molar refractivity (Wildman–Crippen MR) is 157 cm³/mol. The Balaban J connectivity index is 1.90. The molecule has 1 aromatic heterocycles. The third-order valence-corrected chi connectivity index (χ3v) is 7.31. The molecule has 0 radical (unpaired) electrons. The Labute approximate surface area is 239 Å². The summed E-state index contributed by atoms with van der Waals surface area (Å²) in [7, 11) is 0. The maximum absolute atomic E-state index is 14.1. The number of aromatic nitrogens is 1. The minimum Gasteiger partial charge on any atom is -0.481 e. The minimum atomic E-state index is -2.26. The van der Waals surface area contributed by atoms with Gasteiger partial charge >= 0.3 is 5.97 Å². The molecule has 0 fully saturated rings. The van der Waals surface area contributed by atoms with Gasteiger partial charge in [0, 0.05) is 29.9 Å². The summed E-state index contributed by atoms with van der Waals surface area (Å²) in [4.78, 5) is 25.0. The molecule has 7 nitrogen and oxygen atoms in total. The third kappa shape index (κ3) is 7.01. The summed E-state index contributed by atoms with van der Waals surface area (Å²) >= 11 is 0. The molecule has 1 aliphatic carbocycles. The number of hydrogen-bond acceptors (Lipinski definition) is 4. The van der Waals surface area contributed by atoms with Crippen molar-refractivity contribution >= 4 is 17.6 Å². The largest absolute Gasteiger partial charge is 0.481 e. The number of benzene rings is 2. The molecule has 1 heterocycles. The van der Waals surface area contributed by atoms with Crippen LogP contribution in [0.3, 0.4) is 0 Å². The first kappa shape index (κ1) is 30.0. The van der Waals surface area contributed by atoms with Gasteiger partial charge in [-0.2, -0.15) is 0 Å². The van der Waals surface area contributed by atoms with Crippen molar-refractivity contribution in [3.8, 4) is 11.3 Å². The zero-order valence-corrected chi connectivity index (χ0v) is 23.4. The van der Waals surface area contributed by atoms with Gasteiger partial charge in [-0.3, -0.25) is 9.59 Å². The highest BCUT2D eigenvalue weighted by molar-refractivity contribution is 6.08. The number of hydrogen-bond donors (Lipinski definition) is 4. The second-order valence-corrected chi connectivity index (χ2v) is 10.7. The number of carboxylic acid groups (broad SMARTS) is 1. The molecule has 3 aromatic rings. The second kappa shape index (κ2) is 13.1. The molecule has 1 atom stereocenters. The molecule has 41 heavy (non-hydrogen) atoms. The first-order chi connectivity index (χ1) is 19.6. The maximum atomic E-state index is 14.1. The number of halogens is 1. The smallest absolute Gasteiger partial charge is 0.303 e. The Morgan fingerprint density at radius 3 is 2.29 bits per heavy atom. The van der Waals surface area contributed by atoms with Crippen LogP contribution in [0.15, 0.2) is 78.9 Å². The number of unbranched alkanes of at least 4 members (excludes halogenated alkanes) is 3. The Kier molecular flexibility index (Phi) is 9.57. The topological polar surface area (TPSA) is 112 Å². The molecule has 0 saturated carbocycles. The number of carbonyl (C=O) groups excluding carboxylic acids is 1. The van der Waals surface area contributed by atoms with Gasteiger partial charge in [-0.1, -0.05) is 63.1 Å². The van der Waals surface area contributed by atoms with E-state index in [0.717, 1.165) is 18.5 Å². The lowest BCUT2D eigenvalue weighted by molar-refractivity contribution is -0.137. The van der Waals surface area contributed by atoms with Gasteiger partial charge in [0.2, 0.25) is 0 Å². The fraction of sp³-hybridized carbons (Fsp3) is 0.333. The van der Waals surface area contributed by atoms with E-state index in [9.17, 15) is 24.2 Å². The molecule has 216 valence electrons. The Hall–Kier alpha value is -4.01. The number of aliphatic carboxylic acids is 1. The van der Waals surface area contributed by atoms with Crippen LogP contribution in [0.1, 0.15) is 79.4 Å². The maximum Gasteiger partial charge on any atom is 0.303 e. The Morgan fingerprint density at radius 2 is 1.66 bits per heavy atom. The molecule has 0 bridgehead atoms. The van der Waals surface area contributed by atoms with E-state index in [0.29, 0.717) is 47.5 Å². The standard InChI is InChI=1S/C33H37FN2O5/c1-22(2)30-29(32(39)35-25-12-6-5-7-13-25)28(26-14-9-10-20-33(26,40)41)31(23-16-18-24(34)19-17-23)36(30)21-11-4-3-8-15-27(37)38/h5-7,9-10,12-14,16-20,22,26,40-41H,3-4,8,11,15,21H2,1-2H3,(H,35,39)(H,37,38). The number of nitrogens with zero attached hydrogens (tertiary/aromatic N) is 1. The summed E-state index contributed by atoms with van der Waals surface area (Å²) in [5.41, 5.74) is 3.40. The number of rotatable bonds is 12. The number of amides is 1. The number of para-hydroxylation sites is 1. The monoisotopic (exact) mass is 560 g/mol. The molecule has 8 heteroatoms. The number of allylic oxidation sites excluding steroid dienone is 2. The normalized spacial score (nSPS) is 15.8. The highest BCUT2D eigenvalue weighted by Gasteiger charge is 2.41.